The SMILES string of the molecule is COCCn1c(N)c(N(Cc2ccccc2)C(=O)/C=C/c2ccc(F)c(Cl)c2)c(=O)[nH]c1=O. The highest BCUT2D eigenvalue weighted by atomic mass is 35.5. The van der Waals surface area contributed by atoms with Gasteiger partial charge in [0.25, 0.3) is 11.5 Å². The molecule has 0 unspecified atom stereocenters. The number of carbonyl (C=O) groups is 1. The zero-order chi connectivity index (χ0) is 24.0. The van der Waals surface area contributed by atoms with E-state index >= 15 is 0 Å². The summed E-state index contributed by atoms with van der Waals surface area (Å²) in [6.07, 6.45) is 2.66. The maximum Gasteiger partial charge on any atom is 0.330 e. The standard InChI is InChI=1S/C23H22ClFN4O4/c1-33-12-11-28-21(26)20(22(31)27-23(28)32)29(14-16-5-3-2-4-6-16)19(30)10-8-15-7-9-18(25)17(24)13-15/h2-10,13H,11-12,14,26H2,1H3,(H,27,31,32)/b10-8+. The monoisotopic (exact) mass is 472 g/mol. The number of aromatic nitrogens is 2. The molecule has 3 rings (SSSR count). The Balaban J connectivity index is 2.05. The first-order valence-electron chi connectivity index (χ1n) is 9.92. The Labute approximate surface area is 193 Å². The first-order valence-corrected chi connectivity index (χ1v) is 10.3. The predicted octanol–water partition coefficient (Wildman–Crippen LogP) is 2.80. The molecule has 0 fully saturated rings. The molecule has 0 aliphatic rings. The van der Waals surface area contributed by atoms with E-state index in [0.717, 1.165) is 10.1 Å². The maximum absolute atomic E-state index is 13.4. The number of rotatable bonds is 8. The van der Waals surface area contributed by atoms with Crippen LogP contribution in [-0.2, 0) is 22.6 Å². The van der Waals surface area contributed by atoms with E-state index in [2.05, 4.69) is 4.98 Å². The van der Waals surface area contributed by atoms with Gasteiger partial charge in [0.1, 0.15) is 11.6 Å². The Kier molecular flexibility index (Phi) is 7.81. The first kappa shape index (κ1) is 24.0. The Morgan fingerprint density at radius 1 is 1.24 bits per heavy atom. The van der Waals surface area contributed by atoms with Crippen LogP contribution in [0.3, 0.4) is 0 Å². The predicted molar refractivity (Wildman–Crippen MR) is 126 cm³/mol. The number of methoxy groups -OCH3 is 1. The lowest BCUT2D eigenvalue weighted by atomic mass is 10.1. The number of ether oxygens (including phenoxy) is 1. The van der Waals surface area contributed by atoms with Gasteiger partial charge in [0, 0.05) is 13.2 Å². The van der Waals surface area contributed by atoms with Crippen molar-refractivity contribution in [3.8, 4) is 0 Å². The van der Waals surface area contributed by atoms with E-state index in [1.807, 2.05) is 6.07 Å². The van der Waals surface area contributed by atoms with Crippen LogP contribution in [0.4, 0.5) is 15.9 Å². The van der Waals surface area contributed by atoms with Gasteiger partial charge in [0.2, 0.25) is 0 Å². The number of hydrogen-bond donors (Lipinski definition) is 2. The van der Waals surface area contributed by atoms with Crippen molar-refractivity contribution < 1.29 is 13.9 Å². The molecular formula is C23H22ClFN4O4. The summed E-state index contributed by atoms with van der Waals surface area (Å²) in [6, 6.07) is 13.0. The van der Waals surface area contributed by atoms with Crippen LogP contribution in [0.2, 0.25) is 5.02 Å². The summed E-state index contributed by atoms with van der Waals surface area (Å²) < 4.78 is 19.5. The molecule has 33 heavy (non-hydrogen) atoms. The first-order chi connectivity index (χ1) is 15.8. The van der Waals surface area contributed by atoms with E-state index in [9.17, 15) is 18.8 Å². The quantitative estimate of drug-likeness (QED) is 0.490. The van der Waals surface area contributed by atoms with Gasteiger partial charge in [-0.05, 0) is 29.3 Å². The van der Waals surface area contributed by atoms with Gasteiger partial charge < -0.3 is 10.5 Å². The molecule has 0 atom stereocenters. The van der Waals surface area contributed by atoms with Crippen LogP contribution in [0.15, 0.2) is 64.2 Å². The van der Waals surface area contributed by atoms with Crippen molar-refractivity contribution in [2.24, 2.45) is 0 Å². The number of nitrogens with two attached hydrogens (primary N) is 1. The third kappa shape index (κ3) is 5.76. The highest BCUT2D eigenvalue weighted by molar-refractivity contribution is 6.30. The molecule has 2 aromatic carbocycles. The van der Waals surface area contributed by atoms with Crippen LogP contribution in [0.5, 0.6) is 0 Å². The van der Waals surface area contributed by atoms with Gasteiger partial charge in [0.15, 0.2) is 5.69 Å². The lowest BCUT2D eigenvalue weighted by Gasteiger charge is -2.23. The number of hydrogen-bond acceptors (Lipinski definition) is 5. The van der Waals surface area contributed by atoms with Gasteiger partial charge in [-0.3, -0.25) is 24.0 Å². The summed E-state index contributed by atoms with van der Waals surface area (Å²) in [5.41, 5.74) is 5.72. The van der Waals surface area contributed by atoms with Gasteiger partial charge in [0.05, 0.1) is 24.7 Å². The van der Waals surface area contributed by atoms with E-state index in [-0.39, 0.29) is 36.2 Å². The highest BCUT2D eigenvalue weighted by Crippen LogP contribution is 2.21. The molecule has 1 amide bonds. The summed E-state index contributed by atoms with van der Waals surface area (Å²) in [5.74, 6) is -1.32. The topological polar surface area (TPSA) is 110 Å². The maximum atomic E-state index is 13.4. The zero-order valence-corrected chi connectivity index (χ0v) is 18.5. The van der Waals surface area contributed by atoms with Crippen molar-refractivity contribution >= 4 is 35.1 Å². The summed E-state index contributed by atoms with van der Waals surface area (Å²) in [4.78, 5) is 41.6. The van der Waals surface area contributed by atoms with Crippen LogP contribution < -0.4 is 21.9 Å². The van der Waals surface area contributed by atoms with E-state index in [1.54, 1.807) is 24.3 Å². The molecule has 0 radical (unpaired) electrons. The van der Waals surface area contributed by atoms with Crippen LogP contribution in [-0.4, -0.2) is 29.2 Å². The summed E-state index contributed by atoms with van der Waals surface area (Å²) in [7, 11) is 1.46. The van der Waals surface area contributed by atoms with Gasteiger partial charge in [-0.2, -0.15) is 0 Å². The second kappa shape index (κ2) is 10.8. The molecule has 1 aromatic heterocycles. The summed E-state index contributed by atoms with van der Waals surface area (Å²) in [5, 5.41) is -0.0864. The fourth-order valence-electron chi connectivity index (χ4n) is 3.15. The van der Waals surface area contributed by atoms with Crippen LogP contribution in [0.25, 0.3) is 6.08 Å². The average Bonchev–Trinajstić information content (AvgIpc) is 2.79. The van der Waals surface area contributed by atoms with E-state index in [0.29, 0.717) is 5.56 Å². The number of amides is 1. The Morgan fingerprint density at radius 2 is 1.97 bits per heavy atom. The van der Waals surface area contributed by atoms with Gasteiger partial charge in [-0.25, -0.2) is 9.18 Å². The zero-order valence-electron chi connectivity index (χ0n) is 17.8. The summed E-state index contributed by atoms with van der Waals surface area (Å²) >= 11 is 5.80. The number of nitrogens with zero attached hydrogens (tertiary/aromatic N) is 2. The van der Waals surface area contributed by atoms with E-state index in [1.165, 1.54) is 42.4 Å². The van der Waals surface area contributed by atoms with Crippen molar-refractivity contribution in [3.05, 3.63) is 97.4 Å². The van der Waals surface area contributed by atoms with Crippen LogP contribution >= 0.6 is 11.6 Å². The van der Waals surface area contributed by atoms with Crippen LogP contribution in [0, 0.1) is 5.82 Å². The number of anilines is 2. The third-order valence-electron chi connectivity index (χ3n) is 4.81. The van der Waals surface area contributed by atoms with Gasteiger partial charge >= 0.3 is 5.69 Å². The molecule has 0 aliphatic heterocycles. The molecule has 8 nitrogen and oxygen atoms in total. The average molecular weight is 473 g/mol. The molecule has 0 aliphatic carbocycles. The number of benzene rings is 2. The van der Waals surface area contributed by atoms with Crippen molar-refractivity contribution in [1.82, 2.24) is 9.55 Å². The molecule has 0 bridgehead atoms. The second-order valence-corrected chi connectivity index (χ2v) is 7.46. The molecule has 172 valence electrons. The Hall–Kier alpha value is -3.69. The van der Waals surface area contributed by atoms with Gasteiger partial charge in [-0.15, -0.1) is 0 Å². The number of nitrogens with one attached hydrogen (secondary N) is 1. The molecule has 3 N–H and O–H groups in total. The minimum absolute atomic E-state index is 0.0178. The smallest absolute Gasteiger partial charge is 0.330 e. The molecule has 0 saturated carbocycles. The largest absolute Gasteiger partial charge is 0.383 e. The fourth-order valence-corrected chi connectivity index (χ4v) is 3.34. The van der Waals surface area contributed by atoms with Crippen LogP contribution in [0.1, 0.15) is 11.1 Å². The summed E-state index contributed by atoms with van der Waals surface area (Å²) in [6.45, 7) is 0.277. The van der Waals surface area contributed by atoms with Crippen molar-refractivity contribution in [1.29, 1.82) is 0 Å². The fraction of sp³-hybridized carbons (Fsp3) is 0.174. The molecule has 1 heterocycles. The molecule has 10 heteroatoms. The number of aromatic amines is 1. The highest BCUT2D eigenvalue weighted by Gasteiger charge is 2.23. The number of H-pyrrole nitrogens is 1. The van der Waals surface area contributed by atoms with Crippen molar-refractivity contribution in [2.45, 2.75) is 13.1 Å². The minimum Gasteiger partial charge on any atom is -0.383 e. The third-order valence-corrected chi connectivity index (χ3v) is 5.10. The minimum atomic E-state index is -0.798. The normalized spacial score (nSPS) is 11.1. The molecule has 0 spiro atoms. The van der Waals surface area contributed by atoms with E-state index in [4.69, 9.17) is 22.1 Å². The molecular weight excluding hydrogens is 451 g/mol. The van der Waals surface area contributed by atoms with Crippen molar-refractivity contribution in [3.63, 3.8) is 0 Å². The Bertz CT molecular complexity index is 1290. The number of halogens is 2. The van der Waals surface area contributed by atoms with E-state index < -0.39 is 23.0 Å². The molecule has 0 saturated heterocycles. The lowest BCUT2D eigenvalue weighted by Crippen LogP contribution is -2.40. The van der Waals surface area contributed by atoms with Gasteiger partial charge in [-0.1, -0.05) is 48.0 Å². The lowest BCUT2D eigenvalue weighted by molar-refractivity contribution is -0.114. The van der Waals surface area contributed by atoms with Crippen molar-refractivity contribution in [2.75, 3.05) is 24.4 Å². The molecule has 3 aromatic rings. The number of carbonyl (C=O) groups excluding carboxylic acids is 1. The Morgan fingerprint density at radius 3 is 2.64 bits per heavy atom. The number of nitrogen functional groups attached to an aromatic ring is 1. The second-order valence-electron chi connectivity index (χ2n) is 7.05.